The molecule has 0 aliphatic rings. The number of nitrogens with zero attached hydrogens (tertiary/aromatic N) is 3. The standard InChI is InChI=1S/C11H12ClN3O/c1-8-4-2-5-9(13-8)11-14-10(16-15-11)6-3-7-12/h2,4-5H,3,6-7H2,1H3. The van der Waals surface area contributed by atoms with Gasteiger partial charge in [-0.2, -0.15) is 4.98 Å². The van der Waals surface area contributed by atoms with Crippen LogP contribution < -0.4 is 0 Å². The van der Waals surface area contributed by atoms with Crippen LogP contribution in [0.3, 0.4) is 0 Å². The van der Waals surface area contributed by atoms with Gasteiger partial charge in [-0.3, -0.25) is 0 Å². The summed E-state index contributed by atoms with van der Waals surface area (Å²) in [4.78, 5) is 8.59. The molecule has 0 amide bonds. The highest BCUT2D eigenvalue weighted by Gasteiger charge is 2.09. The zero-order valence-electron chi connectivity index (χ0n) is 8.98. The second-order valence-corrected chi connectivity index (χ2v) is 3.85. The van der Waals surface area contributed by atoms with Gasteiger partial charge in [0.25, 0.3) is 0 Å². The van der Waals surface area contributed by atoms with Crippen molar-refractivity contribution in [1.82, 2.24) is 15.1 Å². The number of halogens is 1. The third-order valence-corrected chi connectivity index (χ3v) is 2.38. The Labute approximate surface area is 98.7 Å². The van der Waals surface area contributed by atoms with Crippen molar-refractivity contribution in [2.45, 2.75) is 19.8 Å². The van der Waals surface area contributed by atoms with Gasteiger partial charge in [0.05, 0.1) is 0 Å². The van der Waals surface area contributed by atoms with E-state index in [0.717, 1.165) is 17.8 Å². The van der Waals surface area contributed by atoms with Crippen LogP contribution in [-0.4, -0.2) is 21.0 Å². The molecule has 2 heterocycles. The van der Waals surface area contributed by atoms with E-state index in [2.05, 4.69) is 15.1 Å². The Kier molecular flexibility index (Phi) is 3.51. The van der Waals surface area contributed by atoms with E-state index in [1.54, 1.807) is 0 Å². The summed E-state index contributed by atoms with van der Waals surface area (Å²) < 4.78 is 5.10. The second-order valence-electron chi connectivity index (χ2n) is 3.47. The van der Waals surface area contributed by atoms with Gasteiger partial charge in [-0.25, -0.2) is 4.98 Å². The molecule has 84 valence electrons. The molecule has 0 aliphatic heterocycles. The van der Waals surface area contributed by atoms with Crippen molar-refractivity contribution >= 4 is 11.6 Å². The summed E-state index contributed by atoms with van der Waals surface area (Å²) in [5.74, 6) is 1.74. The van der Waals surface area contributed by atoms with Crippen molar-refractivity contribution in [2.24, 2.45) is 0 Å². The van der Waals surface area contributed by atoms with E-state index in [4.69, 9.17) is 16.1 Å². The predicted molar refractivity (Wildman–Crippen MR) is 61.3 cm³/mol. The first kappa shape index (κ1) is 11.1. The molecule has 0 N–H and O–H groups in total. The summed E-state index contributed by atoms with van der Waals surface area (Å²) in [7, 11) is 0. The average molecular weight is 238 g/mol. The van der Waals surface area contributed by atoms with Crippen molar-refractivity contribution in [3.63, 3.8) is 0 Å². The lowest BCUT2D eigenvalue weighted by Crippen LogP contribution is -1.89. The maximum atomic E-state index is 5.59. The van der Waals surface area contributed by atoms with E-state index in [1.807, 2.05) is 25.1 Å². The zero-order valence-corrected chi connectivity index (χ0v) is 9.74. The molecule has 4 nitrogen and oxygen atoms in total. The van der Waals surface area contributed by atoms with Crippen molar-refractivity contribution in [1.29, 1.82) is 0 Å². The summed E-state index contributed by atoms with van der Waals surface area (Å²) in [5, 5.41) is 3.89. The summed E-state index contributed by atoms with van der Waals surface area (Å²) >= 11 is 5.59. The van der Waals surface area contributed by atoms with E-state index in [0.29, 0.717) is 24.0 Å². The molecule has 0 saturated carbocycles. The third-order valence-electron chi connectivity index (χ3n) is 2.11. The first-order valence-corrected chi connectivity index (χ1v) is 5.65. The third kappa shape index (κ3) is 2.58. The Morgan fingerprint density at radius 3 is 2.94 bits per heavy atom. The highest BCUT2D eigenvalue weighted by Crippen LogP contribution is 2.14. The minimum Gasteiger partial charge on any atom is -0.339 e. The maximum Gasteiger partial charge on any atom is 0.227 e. The quantitative estimate of drug-likeness (QED) is 0.767. The van der Waals surface area contributed by atoms with Crippen LogP contribution in [0.5, 0.6) is 0 Å². The van der Waals surface area contributed by atoms with E-state index >= 15 is 0 Å². The average Bonchev–Trinajstić information content (AvgIpc) is 2.75. The fraction of sp³-hybridized carbons (Fsp3) is 0.364. The number of rotatable bonds is 4. The molecule has 0 unspecified atom stereocenters. The Morgan fingerprint density at radius 1 is 1.31 bits per heavy atom. The molecule has 5 heteroatoms. The second kappa shape index (κ2) is 5.07. The molecule has 2 rings (SSSR count). The number of hydrogen-bond donors (Lipinski definition) is 0. The van der Waals surface area contributed by atoms with Crippen LogP contribution in [-0.2, 0) is 6.42 Å². The Balaban J connectivity index is 2.18. The van der Waals surface area contributed by atoms with E-state index < -0.39 is 0 Å². The van der Waals surface area contributed by atoms with Crippen molar-refractivity contribution in [3.05, 3.63) is 29.8 Å². The topological polar surface area (TPSA) is 51.8 Å². The van der Waals surface area contributed by atoms with Crippen molar-refractivity contribution < 1.29 is 4.52 Å². The molecule has 0 radical (unpaired) electrons. The van der Waals surface area contributed by atoms with Crippen molar-refractivity contribution in [3.8, 4) is 11.5 Å². The minimum absolute atomic E-state index is 0.535. The first-order chi connectivity index (χ1) is 7.79. The van der Waals surface area contributed by atoms with Crippen LogP contribution in [0, 0.1) is 6.92 Å². The lowest BCUT2D eigenvalue weighted by molar-refractivity contribution is 0.378. The van der Waals surface area contributed by atoms with Gasteiger partial charge in [-0.1, -0.05) is 11.2 Å². The highest BCUT2D eigenvalue weighted by atomic mass is 35.5. The number of aromatic nitrogens is 3. The van der Waals surface area contributed by atoms with Crippen molar-refractivity contribution in [2.75, 3.05) is 5.88 Å². The van der Waals surface area contributed by atoms with Crippen LogP contribution in [0.4, 0.5) is 0 Å². The lowest BCUT2D eigenvalue weighted by Gasteiger charge is -1.94. The monoisotopic (exact) mass is 237 g/mol. The Morgan fingerprint density at radius 2 is 2.19 bits per heavy atom. The smallest absolute Gasteiger partial charge is 0.227 e. The normalized spacial score (nSPS) is 10.6. The van der Waals surface area contributed by atoms with Gasteiger partial charge in [-0.05, 0) is 25.5 Å². The van der Waals surface area contributed by atoms with Gasteiger partial charge in [0.15, 0.2) is 0 Å². The molecule has 0 aliphatic carbocycles. The molecule has 0 spiro atoms. The summed E-state index contributed by atoms with van der Waals surface area (Å²) in [6.45, 7) is 1.93. The van der Waals surface area contributed by atoms with Crippen LogP contribution >= 0.6 is 11.6 Å². The van der Waals surface area contributed by atoms with Gasteiger partial charge in [0.2, 0.25) is 11.7 Å². The molecular formula is C11H12ClN3O. The fourth-order valence-corrected chi connectivity index (χ4v) is 1.48. The molecule has 2 aromatic rings. The molecule has 0 bridgehead atoms. The largest absolute Gasteiger partial charge is 0.339 e. The predicted octanol–water partition coefficient (Wildman–Crippen LogP) is 2.61. The Bertz CT molecular complexity index is 470. The first-order valence-electron chi connectivity index (χ1n) is 5.12. The summed E-state index contributed by atoms with van der Waals surface area (Å²) in [5.41, 5.74) is 1.67. The maximum absolute atomic E-state index is 5.59. The Hall–Kier alpha value is -1.42. The van der Waals surface area contributed by atoms with E-state index in [-0.39, 0.29) is 0 Å². The van der Waals surface area contributed by atoms with Crippen LogP contribution in [0.1, 0.15) is 18.0 Å². The number of pyridine rings is 1. The zero-order chi connectivity index (χ0) is 11.4. The summed E-state index contributed by atoms with van der Waals surface area (Å²) in [6, 6.07) is 5.72. The van der Waals surface area contributed by atoms with Gasteiger partial charge >= 0.3 is 0 Å². The number of hydrogen-bond acceptors (Lipinski definition) is 4. The molecule has 0 fully saturated rings. The molecule has 0 atom stereocenters. The van der Waals surface area contributed by atoms with Gasteiger partial charge < -0.3 is 4.52 Å². The van der Waals surface area contributed by atoms with E-state index in [1.165, 1.54) is 0 Å². The van der Waals surface area contributed by atoms with Crippen LogP contribution in [0.15, 0.2) is 22.7 Å². The highest BCUT2D eigenvalue weighted by molar-refractivity contribution is 6.17. The molecule has 0 aromatic carbocycles. The number of alkyl halides is 1. The van der Waals surface area contributed by atoms with Gasteiger partial charge in [-0.15, -0.1) is 11.6 Å². The summed E-state index contributed by atoms with van der Waals surface area (Å²) in [6.07, 6.45) is 1.55. The van der Waals surface area contributed by atoms with Crippen LogP contribution in [0.2, 0.25) is 0 Å². The molecule has 16 heavy (non-hydrogen) atoms. The number of aryl methyl sites for hydroxylation is 2. The van der Waals surface area contributed by atoms with Gasteiger partial charge in [0, 0.05) is 18.0 Å². The molecule has 2 aromatic heterocycles. The fourth-order valence-electron chi connectivity index (χ4n) is 1.35. The lowest BCUT2D eigenvalue weighted by atomic mass is 10.3. The minimum atomic E-state index is 0.535. The van der Waals surface area contributed by atoms with Gasteiger partial charge in [0.1, 0.15) is 5.69 Å². The molecule has 0 saturated heterocycles. The SMILES string of the molecule is Cc1cccc(-c2noc(CCCCl)n2)n1. The van der Waals surface area contributed by atoms with E-state index in [9.17, 15) is 0 Å². The van der Waals surface area contributed by atoms with Crippen LogP contribution in [0.25, 0.3) is 11.5 Å². The molecular weight excluding hydrogens is 226 g/mol.